The molecule has 2 aliphatic heterocycles. The topological polar surface area (TPSA) is 67.9 Å². The second-order valence-electron chi connectivity index (χ2n) is 7.50. The molecular weight excluding hydrogens is 368 g/mol. The molecule has 2 aromatic rings. The Labute approximate surface area is 170 Å². The lowest BCUT2D eigenvalue weighted by atomic mass is 9.76. The van der Waals surface area contributed by atoms with Crippen LogP contribution in [0.15, 0.2) is 48.5 Å². The van der Waals surface area contributed by atoms with E-state index in [4.69, 9.17) is 9.47 Å². The van der Waals surface area contributed by atoms with Crippen LogP contribution >= 0.6 is 0 Å². The van der Waals surface area contributed by atoms with Gasteiger partial charge in [0.1, 0.15) is 5.75 Å². The SMILES string of the molecule is CCOc1ccccc1C(=O)NCC(=O)N1CC2(CCOCC2)c2ccccc21. The molecular formula is C23H26N2O4. The van der Waals surface area contributed by atoms with Crippen molar-refractivity contribution in [3.05, 3.63) is 59.7 Å². The Morgan fingerprint density at radius 2 is 1.83 bits per heavy atom. The van der Waals surface area contributed by atoms with Crippen molar-refractivity contribution in [2.75, 3.05) is 37.8 Å². The molecule has 1 saturated heterocycles. The van der Waals surface area contributed by atoms with E-state index in [2.05, 4.69) is 11.4 Å². The van der Waals surface area contributed by atoms with Crippen LogP contribution < -0.4 is 15.0 Å². The van der Waals surface area contributed by atoms with Crippen LogP contribution in [-0.4, -0.2) is 44.7 Å². The molecule has 4 rings (SSSR count). The fourth-order valence-electron chi connectivity index (χ4n) is 4.32. The minimum Gasteiger partial charge on any atom is -0.493 e. The number of fused-ring (bicyclic) bond motifs is 2. The quantitative estimate of drug-likeness (QED) is 0.847. The molecule has 6 nitrogen and oxygen atoms in total. The van der Waals surface area contributed by atoms with Gasteiger partial charge in [0.2, 0.25) is 5.91 Å². The number of carbonyl (C=O) groups is 2. The standard InChI is InChI=1S/C23H26N2O4/c1-2-29-20-10-6-3-7-17(20)22(27)24-15-21(26)25-16-23(11-13-28-14-12-23)18-8-4-5-9-19(18)25/h3-10H,2,11-16H2,1H3,(H,24,27). The third-order valence-electron chi connectivity index (χ3n) is 5.81. The van der Waals surface area contributed by atoms with Gasteiger partial charge < -0.3 is 19.7 Å². The van der Waals surface area contributed by atoms with E-state index in [-0.39, 0.29) is 23.8 Å². The van der Waals surface area contributed by atoms with Gasteiger partial charge in [-0.1, -0.05) is 30.3 Å². The van der Waals surface area contributed by atoms with E-state index in [0.29, 0.717) is 37.7 Å². The summed E-state index contributed by atoms with van der Waals surface area (Å²) in [4.78, 5) is 27.5. The van der Waals surface area contributed by atoms with Crippen LogP contribution in [0.4, 0.5) is 5.69 Å². The minimum atomic E-state index is -0.310. The second kappa shape index (κ2) is 8.25. The number of carbonyl (C=O) groups excluding carboxylic acids is 2. The van der Waals surface area contributed by atoms with Crippen LogP contribution in [0.25, 0.3) is 0 Å². The zero-order valence-electron chi connectivity index (χ0n) is 16.6. The van der Waals surface area contributed by atoms with Gasteiger partial charge in [-0.2, -0.15) is 0 Å². The summed E-state index contributed by atoms with van der Waals surface area (Å²) in [6, 6.07) is 15.1. The predicted molar refractivity (Wildman–Crippen MR) is 110 cm³/mol. The summed E-state index contributed by atoms with van der Waals surface area (Å²) in [5, 5.41) is 2.76. The Balaban J connectivity index is 1.47. The number of hydrogen-bond acceptors (Lipinski definition) is 4. The molecule has 1 fully saturated rings. The van der Waals surface area contributed by atoms with E-state index >= 15 is 0 Å². The Hall–Kier alpha value is -2.86. The van der Waals surface area contributed by atoms with E-state index in [1.165, 1.54) is 5.56 Å². The van der Waals surface area contributed by atoms with Crippen LogP contribution in [0.3, 0.4) is 0 Å². The molecule has 0 unspecified atom stereocenters. The van der Waals surface area contributed by atoms with Crippen molar-refractivity contribution in [2.24, 2.45) is 0 Å². The van der Waals surface area contributed by atoms with E-state index in [1.54, 1.807) is 18.2 Å². The number of nitrogens with zero attached hydrogens (tertiary/aromatic N) is 1. The van der Waals surface area contributed by atoms with Crippen molar-refractivity contribution < 1.29 is 19.1 Å². The lowest BCUT2D eigenvalue weighted by Gasteiger charge is -2.34. The molecule has 2 amide bonds. The summed E-state index contributed by atoms with van der Waals surface area (Å²) in [5.41, 5.74) is 2.55. The lowest BCUT2D eigenvalue weighted by Crippen LogP contribution is -2.44. The van der Waals surface area contributed by atoms with Gasteiger partial charge in [0, 0.05) is 30.9 Å². The normalized spacial score (nSPS) is 17.1. The zero-order chi connectivity index (χ0) is 20.3. The molecule has 0 aromatic heterocycles. The maximum atomic E-state index is 13.0. The summed E-state index contributed by atoms with van der Waals surface area (Å²) in [7, 11) is 0. The monoisotopic (exact) mass is 394 g/mol. The van der Waals surface area contributed by atoms with Gasteiger partial charge in [-0.05, 0) is 43.5 Å². The highest BCUT2D eigenvalue weighted by molar-refractivity contribution is 6.02. The fourth-order valence-corrected chi connectivity index (χ4v) is 4.32. The Kier molecular flexibility index (Phi) is 5.53. The molecule has 2 heterocycles. The van der Waals surface area contributed by atoms with E-state index in [9.17, 15) is 9.59 Å². The van der Waals surface area contributed by atoms with Crippen LogP contribution in [0.2, 0.25) is 0 Å². The Morgan fingerprint density at radius 3 is 2.62 bits per heavy atom. The number of nitrogens with one attached hydrogen (secondary N) is 1. The maximum Gasteiger partial charge on any atom is 0.255 e. The van der Waals surface area contributed by atoms with Crippen molar-refractivity contribution in [1.82, 2.24) is 5.32 Å². The molecule has 0 aliphatic carbocycles. The highest BCUT2D eigenvalue weighted by Gasteiger charge is 2.45. The van der Waals surface area contributed by atoms with E-state index < -0.39 is 0 Å². The summed E-state index contributed by atoms with van der Waals surface area (Å²) in [6.07, 6.45) is 1.81. The molecule has 2 aromatic carbocycles. The van der Waals surface area contributed by atoms with E-state index in [1.807, 2.05) is 36.1 Å². The first-order chi connectivity index (χ1) is 14.1. The maximum absolute atomic E-state index is 13.0. The first kappa shape index (κ1) is 19.5. The van der Waals surface area contributed by atoms with Crippen molar-refractivity contribution in [2.45, 2.75) is 25.2 Å². The third-order valence-corrected chi connectivity index (χ3v) is 5.81. The molecule has 0 atom stereocenters. The molecule has 6 heteroatoms. The van der Waals surface area contributed by atoms with Crippen molar-refractivity contribution in [1.29, 1.82) is 0 Å². The Bertz CT molecular complexity index is 905. The average Bonchev–Trinajstić information content (AvgIpc) is 3.07. The van der Waals surface area contributed by atoms with Gasteiger partial charge in [-0.15, -0.1) is 0 Å². The van der Waals surface area contributed by atoms with Crippen LogP contribution in [0.1, 0.15) is 35.7 Å². The first-order valence-corrected chi connectivity index (χ1v) is 10.1. The smallest absolute Gasteiger partial charge is 0.255 e. The number of amides is 2. The van der Waals surface area contributed by atoms with Gasteiger partial charge >= 0.3 is 0 Å². The van der Waals surface area contributed by atoms with Crippen LogP contribution in [0.5, 0.6) is 5.75 Å². The molecule has 1 N–H and O–H groups in total. The third kappa shape index (κ3) is 3.72. The molecule has 1 spiro atoms. The number of hydrogen-bond donors (Lipinski definition) is 1. The molecule has 0 bridgehead atoms. The number of anilines is 1. The zero-order valence-corrected chi connectivity index (χ0v) is 16.6. The molecule has 152 valence electrons. The predicted octanol–water partition coefficient (Wildman–Crippen LogP) is 2.91. The summed E-state index contributed by atoms with van der Waals surface area (Å²) >= 11 is 0. The highest BCUT2D eigenvalue weighted by atomic mass is 16.5. The summed E-state index contributed by atoms with van der Waals surface area (Å²) in [6.45, 7) is 4.34. The Morgan fingerprint density at radius 1 is 1.10 bits per heavy atom. The molecule has 29 heavy (non-hydrogen) atoms. The molecule has 0 saturated carbocycles. The minimum absolute atomic E-state index is 0.0456. The van der Waals surface area contributed by atoms with Gasteiger partial charge in [0.05, 0.1) is 18.7 Å². The van der Waals surface area contributed by atoms with Crippen molar-refractivity contribution >= 4 is 17.5 Å². The molecule has 0 radical (unpaired) electrons. The number of para-hydroxylation sites is 2. The van der Waals surface area contributed by atoms with Gasteiger partial charge in [-0.25, -0.2) is 0 Å². The van der Waals surface area contributed by atoms with Gasteiger partial charge in [0.25, 0.3) is 5.91 Å². The van der Waals surface area contributed by atoms with Gasteiger partial charge in [0.15, 0.2) is 0 Å². The number of rotatable bonds is 5. The van der Waals surface area contributed by atoms with Crippen molar-refractivity contribution in [3.63, 3.8) is 0 Å². The summed E-state index contributed by atoms with van der Waals surface area (Å²) in [5.74, 6) is 0.103. The number of ether oxygens (including phenoxy) is 2. The van der Waals surface area contributed by atoms with Gasteiger partial charge in [-0.3, -0.25) is 9.59 Å². The highest BCUT2D eigenvalue weighted by Crippen LogP contribution is 2.46. The van der Waals surface area contributed by atoms with Crippen molar-refractivity contribution in [3.8, 4) is 5.75 Å². The van der Waals surface area contributed by atoms with Crippen LogP contribution in [-0.2, 0) is 14.9 Å². The molecule has 2 aliphatic rings. The second-order valence-corrected chi connectivity index (χ2v) is 7.50. The fraction of sp³-hybridized carbons (Fsp3) is 0.391. The first-order valence-electron chi connectivity index (χ1n) is 10.1. The number of benzene rings is 2. The van der Waals surface area contributed by atoms with Crippen LogP contribution in [0, 0.1) is 0 Å². The largest absolute Gasteiger partial charge is 0.493 e. The lowest BCUT2D eigenvalue weighted by molar-refractivity contribution is -0.117. The van der Waals surface area contributed by atoms with E-state index in [0.717, 1.165) is 18.5 Å². The average molecular weight is 394 g/mol. The summed E-state index contributed by atoms with van der Waals surface area (Å²) < 4.78 is 11.1.